The van der Waals surface area contributed by atoms with Crippen LogP contribution in [0.1, 0.15) is 48.1 Å². The van der Waals surface area contributed by atoms with Crippen LogP contribution in [0.5, 0.6) is 0 Å². The molecule has 0 radical (unpaired) electrons. The van der Waals surface area contributed by atoms with Crippen molar-refractivity contribution in [2.75, 3.05) is 6.54 Å². The van der Waals surface area contributed by atoms with Crippen LogP contribution in [0.3, 0.4) is 0 Å². The highest BCUT2D eigenvalue weighted by molar-refractivity contribution is 5.92. The van der Waals surface area contributed by atoms with E-state index in [4.69, 9.17) is 9.47 Å². The van der Waals surface area contributed by atoms with E-state index in [0.29, 0.717) is 28.6 Å². The van der Waals surface area contributed by atoms with E-state index in [0.717, 1.165) is 5.56 Å². The van der Waals surface area contributed by atoms with Gasteiger partial charge < -0.3 is 30.4 Å². The monoisotopic (exact) mass is 734 g/mol. The fraction of sp³-hybridized carbons (Fsp3) is 0.333. The molecule has 0 unspecified atom stereocenters. The molecule has 278 valence electrons. The van der Waals surface area contributed by atoms with Gasteiger partial charge in [-0.2, -0.15) is 26.3 Å². The van der Waals surface area contributed by atoms with Crippen LogP contribution >= 0.6 is 0 Å². The lowest BCUT2D eigenvalue weighted by atomic mass is 10.0. The van der Waals surface area contributed by atoms with Crippen molar-refractivity contribution >= 4 is 34.8 Å². The zero-order chi connectivity index (χ0) is 38.1. The number of benzene rings is 3. The third-order valence-corrected chi connectivity index (χ3v) is 7.69. The van der Waals surface area contributed by atoms with Gasteiger partial charge >= 0.3 is 24.4 Å². The van der Waals surface area contributed by atoms with Crippen LogP contribution < -0.4 is 16.0 Å². The number of carbonyl (C=O) groups excluding carboxylic acids is 4. The standard InChI is InChI=1S/C36H36F6N4O6/c1-21(2)12-29(45-31(47)18-44-34(50)52-19-22-8-4-3-5-9-22)32(48)46-30(15-24-17-43-28-11-7-6-10-27(24)28)33(49)51-20-23-13-25(35(37,38)39)16-26(14-23)36(40,41)42/h3-11,13-14,16-17,21,29-30,43H,12,15,18-20H2,1-2H3,(H,44,50)(H,45,47)(H,46,48)/t29-,30-/m0/s1. The molecular formula is C36H36F6N4O6. The van der Waals surface area contributed by atoms with Crippen molar-refractivity contribution in [2.45, 2.75) is 64.3 Å². The van der Waals surface area contributed by atoms with Gasteiger partial charge in [0.15, 0.2) is 0 Å². The van der Waals surface area contributed by atoms with Crippen LogP contribution in [0.4, 0.5) is 31.1 Å². The molecule has 3 aromatic carbocycles. The maximum Gasteiger partial charge on any atom is 0.416 e. The third kappa shape index (κ3) is 11.5. The first-order chi connectivity index (χ1) is 24.5. The van der Waals surface area contributed by atoms with Crippen LogP contribution in [-0.4, -0.2) is 47.5 Å². The lowest BCUT2D eigenvalue weighted by molar-refractivity contribution is -0.149. The maximum absolute atomic E-state index is 13.6. The molecule has 0 saturated carbocycles. The average Bonchev–Trinajstić information content (AvgIpc) is 3.50. The van der Waals surface area contributed by atoms with E-state index in [1.54, 1.807) is 74.6 Å². The summed E-state index contributed by atoms with van der Waals surface area (Å²) in [5.74, 6) is -2.88. The number of para-hydroxylation sites is 1. The van der Waals surface area contributed by atoms with E-state index in [-0.39, 0.29) is 31.4 Å². The second-order valence-electron chi connectivity index (χ2n) is 12.3. The number of aromatic nitrogens is 1. The topological polar surface area (TPSA) is 139 Å². The first-order valence-electron chi connectivity index (χ1n) is 16.0. The smallest absolute Gasteiger partial charge is 0.416 e. The molecule has 2 atom stereocenters. The largest absolute Gasteiger partial charge is 0.459 e. The number of fused-ring (bicyclic) bond motifs is 1. The predicted molar refractivity (Wildman–Crippen MR) is 176 cm³/mol. The van der Waals surface area contributed by atoms with E-state index in [1.165, 1.54) is 0 Å². The molecule has 10 nitrogen and oxygen atoms in total. The zero-order valence-corrected chi connectivity index (χ0v) is 28.0. The summed E-state index contributed by atoms with van der Waals surface area (Å²) in [6, 6.07) is 13.9. The molecule has 1 heterocycles. The second kappa shape index (κ2) is 17.1. The Hall–Kier alpha value is -5.54. The number of esters is 1. The molecule has 0 saturated heterocycles. The Morgan fingerprint density at radius 1 is 0.750 bits per heavy atom. The number of ether oxygens (including phenoxy) is 2. The molecule has 0 aliphatic carbocycles. The van der Waals surface area contributed by atoms with Gasteiger partial charge in [0.05, 0.1) is 11.1 Å². The number of alkyl halides is 6. The van der Waals surface area contributed by atoms with Gasteiger partial charge in [-0.3, -0.25) is 9.59 Å². The fourth-order valence-corrected chi connectivity index (χ4v) is 5.22. The Bertz CT molecular complexity index is 1830. The average molecular weight is 735 g/mol. The van der Waals surface area contributed by atoms with Crippen LogP contribution in [0, 0.1) is 5.92 Å². The first kappa shape index (κ1) is 39.2. The SMILES string of the molecule is CC(C)C[C@H](NC(=O)CNC(=O)OCc1ccccc1)C(=O)N[C@@H](Cc1c[nH]c2ccccc12)C(=O)OCc1cc(C(F)(F)F)cc(C(F)(F)F)c1. The summed E-state index contributed by atoms with van der Waals surface area (Å²) in [6.07, 6.45) is -9.62. The Labute approximate surface area is 294 Å². The second-order valence-corrected chi connectivity index (χ2v) is 12.3. The van der Waals surface area contributed by atoms with Crippen molar-refractivity contribution in [1.82, 2.24) is 20.9 Å². The molecule has 4 rings (SSSR count). The lowest BCUT2D eigenvalue weighted by Gasteiger charge is -2.24. The molecular weight excluding hydrogens is 698 g/mol. The number of amides is 3. The normalized spacial score (nSPS) is 12.9. The number of H-pyrrole nitrogens is 1. The van der Waals surface area contributed by atoms with Crippen molar-refractivity contribution < 1.29 is 55.0 Å². The number of hydrogen-bond donors (Lipinski definition) is 4. The molecule has 0 bridgehead atoms. The van der Waals surface area contributed by atoms with E-state index >= 15 is 0 Å². The molecule has 0 spiro atoms. The summed E-state index contributed by atoms with van der Waals surface area (Å²) in [5, 5.41) is 8.01. The number of carbonyl (C=O) groups is 4. The van der Waals surface area contributed by atoms with Gasteiger partial charge in [0.2, 0.25) is 11.8 Å². The maximum atomic E-state index is 13.6. The molecule has 0 aliphatic heterocycles. The van der Waals surface area contributed by atoms with Crippen molar-refractivity contribution in [3.63, 3.8) is 0 Å². The van der Waals surface area contributed by atoms with Gasteiger partial charge in [-0.15, -0.1) is 0 Å². The number of hydrogen-bond acceptors (Lipinski definition) is 6. The van der Waals surface area contributed by atoms with Gasteiger partial charge in [-0.25, -0.2) is 9.59 Å². The molecule has 0 aliphatic rings. The van der Waals surface area contributed by atoms with Crippen molar-refractivity contribution in [2.24, 2.45) is 5.92 Å². The van der Waals surface area contributed by atoms with Crippen LogP contribution in [0.25, 0.3) is 10.9 Å². The van der Waals surface area contributed by atoms with Crippen molar-refractivity contribution in [3.8, 4) is 0 Å². The van der Waals surface area contributed by atoms with Crippen molar-refractivity contribution in [1.29, 1.82) is 0 Å². The summed E-state index contributed by atoms with van der Waals surface area (Å²) < 4.78 is 90.7. The summed E-state index contributed by atoms with van der Waals surface area (Å²) in [4.78, 5) is 55.0. The minimum atomic E-state index is -5.11. The highest BCUT2D eigenvalue weighted by Crippen LogP contribution is 2.36. The number of aromatic amines is 1. The quantitative estimate of drug-likeness (QED) is 0.0870. The highest BCUT2D eigenvalue weighted by Gasteiger charge is 2.37. The molecule has 16 heteroatoms. The van der Waals surface area contributed by atoms with E-state index in [9.17, 15) is 45.5 Å². The number of halogens is 6. The van der Waals surface area contributed by atoms with Crippen LogP contribution in [0.15, 0.2) is 79.0 Å². The molecule has 3 amide bonds. The minimum Gasteiger partial charge on any atom is -0.459 e. The van der Waals surface area contributed by atoms with Crippen LogP contribution in [0.2, 0.25) is 0 Å². The van der Waals surface area contributed by atoms with Gasteiger partial charge in [-0.05, 0) is 53.3 Å². The van der Waals surface area contributed by atoms with E-state index < -0.39 is 78.2 Å². The van der Waals surface area contributed by atoms with Crippen LogP contribution in [-0.2, 0) is 55.8 Å². The van der Waals surface area contributed by atoms with Crippen molar-refractivity contribution in [3.05, 3.63) is 107 Å². The Morgan fingerprint density at radius 3 is 2.00 bits per heavy atom. The van der Waals surface area contributed by atoms with Gasteiger partial charge in [0.25, 0.3) is 0 Å². The van der Waals surface area contributed by atoms with Gasteiger partial charge in [0, 0.05) is 23.5 Å². The van der Waals surface area contributed by atoms with E-state index in [1.807, 2.05) is 0 Å². The molecule has 1 aromatic heterocycles. The molecule has 0 fully saturated rings. The lowest BCUT2D eigenvalue weighted by Crippen LogP contribution is -2.54. The summed E-state index contributed by atoms with van der Waals surface area (Å²) in [5.41, 5.74) is -1.78. The molecule has 52 heavy (non-hydrogen) atoms. The number of rotatable bonds is 14. The third-order valence-electron chi connectivity index (χ3n) is 7.69. The number of alkyl carbamates (subject to hydrolysis) is 1. The molecule has 4 N–H and O–H groups in total. The van der Waals surface area contributed by atoms with E-state index in [2.05, 4.69) is 20.9 Å². The van der Waals surface area contributed by atoms with Gasteiger partial charge in [0.1, 0.15) is 31.8 Å². The number of nitrogens with one attached hydrogen (secondary N) is 4. The molecule has 4 aromatic rings. The zero-order valence-electron chi connectivity index (χ0n) is 28.0. The Morgan fingerprint density at radius 2 is 1.37 bits per heavy atom. The summed E-state index contributed by atoms with van der Waals surface area (Å²) >= 11 is 0. The first-order valence-corrected chi connectivity index (χ1v) is 16.0. The fourth-order valence-electron chi connectivity index (χ4n) is 5.22. The van der Waals surface area contributed by atoms with Gasteiger partial charge in [-0.1, -0.05) is 62.4 Å². The summed E-state index contributed by atoms with van der Waals surface area (Å²) in [7, 11) is 0. The summed E-state index contributed by atoms with van der Waals surface area (Å²) in [6.45, 7) is 1.98. The Balaban J connectivity index is 1.49. The minimum absolute atomic E-state index is 0.0438. The predicted octanol–water partition coefficient (Wildman–Crippen LogP) is 6.43. The Kier molecular flexibility index (Phi) is 12.9. The highest BCUT2D eigenvalue weighted by atomic mass is 19.4.